The highest BCUT2D eigenvalue weighted by atomic mass is 127. The molecular formula is C15H10I2O2. The van der Waals surface area contributed by atoms with Gasteiger partial charge in [-0.1, -0.05) is 36.4 Å². The molecule has 2 nitrogen and oxygen atoms in total. The van der Waals surface area contributed by atoms with Gasteiger partial charge in [-0.15, -0.1) is 0 Å². The lowest BCUT2D eigenvalue weighted by Crippen LogP contribution is -1.93. The molecule has 0 aromatic heterocycles. The average molecular weight is 476 g/mol. The maximum atomic E-state index is 11.9. The lowest BCUT2D eigenvalue weighted by Gasteiger charge is -2.02. The summed E-state index contributed by atoms with van der Waals surface area (Å²) in [6, 6.07) is 12.8. The second-order valence-corrected chi connectivity index (χ2v) is 6.22. The maximum Gasteiger partial charge on any atom is 0.185 e. The van der Waals surface area contributed by atoms with Crippen molar-refractivity contribution >= 4 is 57.0 Å². The Labute approximate surface area is 138 Å². The Hall–Kier alpha value is -0.890. The number of phenolic OH excluding ortho intramolecular Hbond substituents is 1. The number of aromatic hydroxyl groups is 1. The molecule has 0 atom stereocenters. The fourth-order valence-electron chi connectivity index (χ4n) is 1.55. The molecule has 2 rings (SSSR count). The number of hydrogen-bond donors (Lipinski definition) is 1. The number of halogens is 2. The molecule has 0 heterocycles. The van der Waals surface area contributed by atoms with E-state index in [-0.39, 0.29) is 11.5 Å². The molecule has 0 amide bonds. The van der Waals surface area contributed by atoms with Gasteiger partial charge >= 0.3 is 0 Å². The van der Waals surface area contributed by atoms with Crippen molar-refractivity contribution in [3.63, 3.8) is 0 Å². The summed E-state index contributed by atoms with van der Waals surface area (Å²) in [6.07, 6.45) is 3.31. The molecule has 0 unspecified atom stereocenters. The van der Waals surface area contributed by atoms with Crippen molar-refractivity contribution in [3.05, 3.63) is 66.8 Å². The van der Waals surface area contributed by atoms with Crippen LogP contribution in [0.25, 0.3) is 6.08 Å². The zero-order chi connectivity index (χ0) is 13.8. The molecule has 0 aliphatic heterocycles. The quantitative estimate of drug-likeness (QED) is 0.403. The van der Waals surface area contributed by atoms with Crippen molar-refractivity contribution in [3.8, 4) is 5.75 Å². The molecule has 4 heteroatoms. The first-order chi connectivity index (χ1) is 9.08. The van der Waals surface area contributed by atoms with Crippen LogP contribution in [0.2, 0.25) is 0 Å². The van der Waals surface area contributed by atoms with Crippen LogP contribution in [0.1, 0.15) is 15.9 Å². The van der Waals surface area contributed by atoms with Crippen molar-refractivity contribution in [1.82, 2.24) is 0 Å². The van der Waals surface area contributed by atoms with Gasteiger partial charge in [0.2, 0.25) is 0 Å². The molecule has 2 aromatic rings. The van der Waals surface area contributed by atoms with E-state index in [0.29, 0.717) is 5.56 Å². The monoisotopic (exact) mass is 476 g/mol. The van der Waals surface area contributed by atoms with E-state index in [4.69, 9.17) is 0 Å². The molecule has 0 radical (unpaired) electrons. The molecule has 2 aromatic carbocycles. The Bertz CT molecular complexity index is 611. The smallest absolute Gasteiger partial charge is 0.185 e. The van der Waals surface area contributed by atoms with Crippen LogP contribution < -0.4 is 0 Å². The van der Waals surface area contributed by atoms with Gasteiger partial charge in [0.25, 0.3) is 0 Å². The molecule has 0 aliphatic rings. The van der Waals surface area contributed by atoms with Gasteiger partial charge in [0.1, 0.15) is 5.75 Å². The first kappa shape index (κ1) is 14.5. The summed E-state index contributed by atoms with van der Waals surface area (Å²) in [5.41, 5.74) is 1.57. The van der Waals surface area contributed by atoms with Crippen molar-refractivity contribution in [2.75, 3.05) is 0 Å². The van der Waals surface area contributed by atoms with Gasteiger partial charge in [0.05, 0.1) is 7.14 Å². The molecule has 0 aliphatic carbocycles. The van der Waals surface area contributed by atoms with Crippen LogP contribution in [0.5, 0.6) is 5.75 Å². The van der Waals surface area contributed by atoms with Gasteiger partial charge in [-0.25, -0.2) is 0 Å². The van der Waals surface area contributed by atoms with Crippen LogP contribution >= 0.6 is 45.2 Å². The van der Waals surface area contributed by atoms with Crippen molar-refractivity contribution in [2.24, 2.45) is 0 Å². The van der Waals surface area contributed by atoms with Gasteiger partial charge in [0, 0.05) is 5.56 Å². The largest absolute Gasteiger partial charge is 0.506 e. The number of carbonyl (C=O) groups excluding carboxylic acids is 1. The van der Waals surface area contributed by atoms with Crippen LogP contribution in [0, 0.1) is 7.14 Å². The van der Waals surface area contributed by atoms with Crippen LogP contribution in [0.15, 0.2) is 48.5 Å². The average Bonchev–Trinajstić information content (AvgIpc) is 2.43. The first-order valence-corrected chi connectivity index (χ1v) is 7.69. The van der Waals surface area contributed by atoms with E-state index in [0.717, 1.165) is 12.7 Å². The van der Waals surface area contributed by atoms with Gasteiger partial charge in [-0.05, 0) is 69.0 Å². The summed E-state index contributed by atoms with van der Waals surface area (Å²) in [5.74, 6) is 0.256. The van der Waals surface area contributed by atoms with Crippen LogP contribution in [0.4, 0.5) is 0 Å². The molecule has 0 fully saturated rings. The zero-order valence-corrected chi connectivity index (χ0v) is 14.1. The van der Waals surface area contributed by atoms with E-state index in [1.165, 1.54) is 0 Å². The topological polar surface area (TPSA) is 37.3 Å². The third kappa shape index (κ3) is 3.79. The molecule has 0 bridgehead atoms. The minimum Gasteiger partial charge on any atom is -0.506 e. The molecular weight excluding hydrogens is 466 g/mol. The number of rotatable bonds is 3. The lowest BCUT2D eigenvalue weighted by atomic mass is 10.1. The SMILES string of the molecule is O=C(/C=C/c1cc(I)c(O)c(I)c1)c1ccccc1. The molecule has 1 N–H and O–H groups in total. The van der Waals surface area contributed by atoms with E-state index in [1.807, 2.05) is 30.3 Å². The van der Waals surface area contributed by atoms with E-state index < -0.39 is 0 Å². The second kappa shape index (κ2) is 6.51. The minimum absolute atomic E-state index is 0.0290. The first-order valence-electron chi connectivity index (χ1n) is 5.53. The number of ketones is 1. The Morgan fingerprint density at radius 1 is 1.05 bits per heavy atom. The predicted molar refractivity (Wildman–Crippen MR) is 93.3 cm³/mol. The van der Waals surface area contributed by atoms with Crippen molar-refractivity contribution in [1.29, 1.82) is 0 Å². The Morgan fingerprint density at radius 2 is 1.63 bits per heavy atom. The Morgan fingerprint density at radius 3 is 2.21 bits per heavy atom. The summed E-state index contributed by atoms with van der Waals surface area (Å²) >= 11 is 4.14. The number of allylic oxidation sites excluding steroid dienone is 1. The van der Waals surface area contributed by atoms with Gasteiger partial charge in [-0.2, -0.15) is 0 Å². The maximum absolute atomic E-state index is 11.9. The number of hydrogen-bond acceptors (Lipinski definition) is 2. The fourth-order valence-corrected chi connectivity index (χ4v) is 3.37. The van der Waals surface area contributed by atoms with Crippen LogP contribution in [-0.4, -0.2) is 10.9 Å². The Balaban J connectivity index is 2.22. The summed E-state index contributed by atoms with van der Waals surface area (Å²) in [5, 5.41) is 9.68. The molecule has 19 heavy (non-hydrogen) atoms. The summed E-state index contributed by atoms with van der Waals surface area (Å²) in [6.45, 7) is 0. The van der Waals surface area contributed by atoms with E-state index in [2.05, 4.69) is 45.2 Å². The lowest BCUT2D eigenvalue weighted by molar-refractivity contribution is 0.104. The highest BCUT2D eigenvalue weighted by molar-refractivity contribution is 14.1. The van der Waals surface area contributed by atoms with E-state index in [9.17, 15) is 9.90 Å². The zero-order valence-electron chi connectivity index (χ0n) is 9.81. The molecule has 0 saturated heterocycles. The minimum atomic E-state index is -0.0290. The van der Waals surface area contributed by atoms with Crippen molar-refractivity contribution in [2.45, 2.75) is 0 Å². The highest BCUT2D eigenvalue weighted by Gasteiger charge is 2.05. The highest BCUT2D eigenvalue weighted by Crippen LogP contribution is 2.27. The second-order valence-electron chi connectivity index (χ2n) is 3.90. The fraction of sp³-hybridized carbons (Fsp3) is 0. The van der Waals surface area contributed by atoms with Crippen LogP contribution in [0.3, 0.4) is 0 Å². The summed E-state index contributed by atoms with van der Waals surface area (Å²) in [4.78, 5) is 11.9. The summed E-state index contributed by atoms with van der Waals surface area (Å²) < 4.78 is 1.55. The molecule has 0 saturated carbocycles. The number of benzene rings is 2. The van der Waals surface area contributed by atoms with Gasteiger partial charge in [0.15, 0.2) is 5.78 Å². The standard InChI is InChI=1S/C15H10I2O2/c16-12-8-10(9-13(17)15(12)19)6-7-14(18)11-4-2-1-3-5-11/h1-9,19H/b7-6+. The third-order valence-electron chi connectivity index (χ3n) is 2.52. The van der Waals surface area contributed by atoms with Gasteiger partial charge in [-0.3, -0.25) is 4.79 Å². The summed E-state index contributed by atoms with van der Waals surface area (Å²) in [7, 11) is 0. The van der Waals surface area contributed by atoms with Crippen molar-refractivity contribution < 1.29 is 9.90 Å². The van der Waals surface area contributed by atoms with E-state index in [1.54, 1.807) is 24.3 Å². The normalized spacial score (nSPS) is 10.8. The van der Waals surface area contributed by atoms with Gasteiger partial charge < -0.3 is 5.11 Å². The Kier molecular flexibility index (Phi) is 4.98. The van der Waals surface area contributed by atoms with E-state index >= 15 is 0 Å². The molecule has 0 spiro atoms. The number of carbonyl (C=O) groups is 1. The number of phenols is 1. The molecule has 96 valence electrons. The predicted octanol–water partition coefficient (Wildman–Crippen LogP) is 4.50. The van der Waals surface area contributed by atoms with Crippen LogP contribution in [-0.2, 0) is 0 Å². The third-order valence-corrected chi connectivity index (χ3v) is 4.17.